The highest BCUT2D eigenvalue weighted by Gasteiger charge is 2.22. The van der Waals surface area contributed by atoms with Crippen LogP contribution in [0.2, 0.25) is 0 Å². The van der Waals surface area contributed by atoms with E-state index in [2.05, 4.69) is 62.4 Å². The van der Waals surface area contributed by atoms with Gasteiger partial charge in [0.2, 0.25) is 0 Å². The van der Waals surface area contributed by atoms with Crippen molar-refractivity contribution in [2.45, 2.75) is 13.8 Å². The molecule has 0 aromatic heterocycles. The van der Waals surface area contributed by atoms with Crippen molar-refractivity contribution < 1.29 is 0 Å². The first-order valence-corrected chi connectivity index (χ1v) is 6.53. The Morgan fingerprint density at radius 3 is 2.36 bits per heavy atom. The van der Waals surface area contributed by atoms with E-state index < -0.39 is 0 Å². The Morgan fingerprint density at radius 2 is 1.79 bits per heavy atom. The van der Waals surface area contributed by atoms with Crippen molar-refractivity contribution in [2.24, 2.45) is 5.41 Å². The second-order valence-electron chi connectivity index (χ2n) is 4.44. The van der Waals surface area contributed by atoms with Crippen LogP contribution in [-0.4, -0.2) is 9.52 Å². The van der Waals surface area contributed by atoms with Crippen molar-refractivity contribution in [1.82, 2.24) is 0 Å². The molecule has 0 aliphatic heterocycles. The number of hydrogen-bond acceptors (Lipinski definition) is 0. The first-order valence-electron chi connectivity index (χ1n) is 5.11. The average Bonchev–Trinajstić information content (AvgIpc) is 2.48. The summed E-state index contributed by atoms with van der Waals surface area (Å²) in [4.78, 5) is 0. The zero-order valence-corrected chi connectivity index (χ0v) is 10.2. The Bertz CT molecular complexity index is 371. The summed E-state index contributed by atoms with van der Waals surface area (Å²) in [5.41, 5.74) is 0.308. The van der Waals surface area contributed by atoms with Crippen LogP contribution in [0.5, 0.6) is 0 Å². The Labute approximate surface area is 88.2 Å². The molecule has 0 N–H and O–H groups in total. The molecular formula is C13H16Si. The van der Waals surface area contributed by atoms with Crippen LogP contribution in [0.15, 0.2) is 53.8 Å². The van der Waals surface area contributed by atoms with E-state index in [4.69, 9.17) is 0 Å². The molecule has 0 atom stereocenters. The minimum Gasteiger partial charge on any atom is -0.0752 e. The maximum absolute atomic E-state index is 2.30. The van der Waals surface area contributed by atoms with Gasteiger partial charge in [0.1, 0.15) is 0 Å². The fourth-order valence-electron chi connectivity index (χ4n) is 1.83. The molecular weight excluding hydrogens is 184 g/mol. The molecule has 0 saturated carbocycles. The number of allylic oxidation sites excluding steroid dienone is 4. The Kier molecular flexibility index (Phi) is 2.42. The largest absolute Gasteiger partial charge is 0.0835 e. The van der Waals surface area contributed by atoms with Gasteiger partial charge in [-0.1, -0.05) is 72.8 Å². The van der Waals surface area contributed by atoms with E-state index in [1.54, 1.807) is 5.20 Å². The fourth-order valence-corrected chi connectivity index (χ4v) is 3.60. The lowest BCUT2D eigenvalue weighted by atomic mass is 9.96. The van der Waals surface area contributed by atoms with Crippen LogP contribution < -0.4 is 5.19 Å². The Balaban J connectivity index is 2.14. The predicted molar refractivity (Wildman–Crippen MR) is 65.6 cm³/mol. The number of benzene rings is 1. The molecule has 0 unspecified atom stereocenters. The number of rotatable bonds is 2. The van der Waals surface area contributed by atoms with Crippen LogP contribution in [0.3, 0.4) is 0 Å². The third kappa shape index (κ3) is 1.88. The van der Waals surface area contributed by atoms with Gasteiger partial charge in [0, 0.05) is 5.41 Å². The fraction of sp³-hybridized carbons (Fsp3) is 0.231. The molecule has 0 spiro atoms. The van der Waals surface area contributed by atoms with E-state index >= 15 is 0 Å². The van der Waals surface area contributed by atoms with Gasteiger partial charge < -0.3 is 0 Å². The summed E-state index contributed by atoms with van der Waals surface area (Å²) >= 11 is 0. The molecule has 1 aliphatic carbocycles. The molecule has 0 saturated heterocycles. The lowest BCUT2D eigenvalue weighted by Crippen LogP contribution is -2.23. The molecule has 0 amide bonds. The molecule has 1 aromatic rings. The van der Waals surface area contributed by atoms with E-state index in [9.17, 15) is 0 Å². The van der Waals surface area contributed by atoms with E-state index in [1.807, 2.05) is 0 Å². The van der Waals surface area contributed by atoms with E-state index in [1.165, 1.54) is 5.19 Å². The second kappa shape index (κ2) is 3.58. The van der Waals surface area contributed by atoms with Gasteiger partial charge in [0.15, 0.2) is 0 Å². The molecule has 1 aliphatic rings. The SMILES string of the molecule is CC1(C)C=CC=C1[SiH2]c1ccccc1. The lowest BCUT2D eigenvalue weighted by molar-refractivity contribution is 0.620. The standard InChI is InChI=1S/C13H16Si/c1-13(2)10-6-9-12(13)14-11-7-4-3-5-8-11/h3-10H,14H2,1-2H3. The first-order chi connectivity index (χ1) is 6.68. The molecule has 0 radical (unpaired) electrons. The lowest BCUT2D eigenvalue weighted by Gasteiger charge is -2.20. The average molecular weight is 200 g/mol. The summed E-state index contributed by atoms with van der Waals surface area (Å²) < 4.78 is 0. The maximum Gasteiger partial charge on any atom is 0.0835 e. The summed E-state index contributed by atoms with van der Waals surface area (Å²) in [5.74, 6) is 0. The molecule has 2 rings (SSSR count). The van der Waals surface area contributed by atoms with Gasteiger partial charge in [-0.05, 0) is 0 Å². The van der Waals surface area contributed by atoms with Crippen LogP contribution in [-0.2, 0) is 0 Å². The highest BCUT2D eigenvalue weighted by Crippen LogP contribution is 2.31. The maximum atomic E-state index is 2.30. The van der Waals surface area contributed by atoms with Crippen LogP contribution >= 0.6 is 0 Å². The topological polar surface area (TPSA) is 0 Å². The molecule has 1 heteroatoms. The minimum atomic E-state index is -0.241. The summed E-state index contributed by atoms with van der Waals surface area (Å²) in [7, 11) is -0.241. The molecule has 1 aromatic carbocycles. The van der Waals surface area contributed by atoms with Gasteiger partial charge in [-0.3, -0.25) is 0 Å². The zero-order valence-electron chi connectivity index (χ0n) is 8.83. The Morgan fingerprint density at radius 1 is 1.07 bits per heavy atom. The molecule has 72 valence electrons. The van der Waals surface area contributed by atoms with E-state index in [0.29, 0.717) is 5.41 Å². The molecule has 0 nitrogen and oxygen atoms in total. The van der Waals surface area contributed by atoms with Gasteiger partial charge in [-0.25, -0.2) is 0 Å². The normalized spacial score (nSPS) is 19.1. The quantitative estimate of drug-likeness (QED) is 0.640. The zero-order chi connectivity index (χ0) is 10.0. The third-order valence-corrected chi connectivity index (χ3v) is 5.28. The molecule has 0 fully saturated rings. The first kappa shape index (κ1) is 9.47. The van der Waals surface area contributed by atoms with Crippen LogP contribution in [0.25, 0.3) is 0 Å². The van der Waals surface area contributed by atoms with Gasteiger partial charge in [0.05, 0.1) is 9.52 Å². The van der Waals surface area contributed by atoms with Gasteiger partial charge in [-0.2, -0.15) is 0 Å². The number of hydrogen-bond donors (Lipinski definition) is 0. The van der Waals surface area contributed by atoms with Crippen molar-refractivity contribution in [3.63, 3.8) is 0 Å². The van der Waals surface area contributed by atoms with Crippen LogP contribution in [0.1, 0.15) is 13.8 Å². The molecule has 0 bridgehead atoms. The van der Waals surface area contributed by atoms with Gasteiger partial charge in [0.25, 0.3) is 0 Å². The van der Waals surface area contributed by atoms with E-state index in [0.717, 1.165) is 0 Å². The van der Waals surface area contributed by atoms with Crippen molar-refractivity contribution in [3.8, 4) is 0 Å². The van der Waals surface area contributed by atoms with Crippen molar-refractivity contribution in [3.05, 3.63) is 53.8 Å². The van der Waals surface area contributed by atoms with Crippen LogP contribution in [0.4, 0.5) is 0 Å². The summed E-state index contributed by atoms with van der Waals surface area (Å²) in [6.45, 7) is 4.61. The van der Waals surface area contributed by atoms with Crippen molar-refractivity contribution in [1.29, 1.82) is 0 Å². The molecule has 14 heavy (non-hydrogen) atoms. The summed E-state index contributed by atoms with van der Waals surface area (Å²) in [6.07, 6.45) is 6.81. The van der Waals surface area contributed by atoms with Crippen LogP contribution in [0, 0.1) is 5.41 Å². The third-order valence-electron chi connectivity index (χ3n) is 2.88. The molecule has 0 heterocycles. The Hall–Kier alpha value is -1.08. The minimum absolute atomic E-state index is 0.241. The highest BCUT2D eigenvalue weighted by molar-refractivity contribution is 6.61. The van der Waals surface area contributed by atoms with Crippen molar-refractivity contribution in [2.75, 3.05) is 0 Å². The summed E-state index contributed by atoms with van der Waals surface area (Å²) in [6, 6.07) is 10.9. The summed E-state index contributed by atoms with van der Waals surface area (Å²) in [5, 5.41) is 3.18. The second-order valence-corrected chi connectivity index (χ2v) is 6.37. The highest BCUT2D eigenvalue weighted by atomic mass is 28.2. The monoisotopic (exact) mass is 200 g/mol. The predicted octanol–water partition coefficient (Wildman–Crippen LogP) is 1.96. The van der Waals surface area contributed by atoms with Gasteiger partial charge >= 0.3 is 0 Å². The smallest absolute Gasteiger partial charge is 0.0752 e. The van der Waals surface area contributed by atoms with Gasteiger partial charge in [-0.15, -0.1) is 0 Å². The van der Waals surface area contributed by atoms with Crippen molar-refractivity contribution >= 4 is 14.7 Å². The van der Waals surface area contributed by atoms with E-state index in [-0.39, 0.29) is 9.52 Å².